The van der Waals surface area contributed by atoms with Crippen LogP contribution in [0.2, 0.25) is 0 Å². The van der Waals surface area contributed by atoms with Gasteiger partial charge < -0.3 is 14.6 Å². The van der Waals surface area contributed by atoms with E-state index in [4.69, 9.17) is 9.47 Å². The summed E-state index contributed by atoms with van der Waals surface area (Å²) in [4.78, 5) is 0. The molecule has 2 unspecified atom stereocenters. The van der Waals surface area contributed by atoms with Crippen LogP contribution in [0.1, 0.15) is 38.5 Å². The molecule has 0 spiro atoms. The minimum atomic E-state index is -2.96. The standard InChI is InChI=1S/C12H20O5S/c13-12(4-3-11-16-5-6-17-11)7-9-1-2-10(8-12)18(9,14)15/h9-11,13H,1-8H2. The molecule has 0 aromatic rings. The quantitative estimate of drug-likeness (QED) is 0.817. The normalized spacial score (nSPS) is 43.4. The largest absolute Gasteiger partial charge is 0.390 e. The Morgan fingerprint density at radius 3 is 2.22 bits per heavy atom. The Hall–Kier alpha value is -0.170. The third kappa shape index (κ3) is 2.19. The average molecular weight is 276 g/mol. The topological polar surface area (TPSA) is 72.8 Å². The van der Waals surface area contributed by atoms with Crippen LogP contribution in [0.25, 0.3) is 0 Å². The van der Waals surface area contributed by atoms with Gasteiger partial charge in [-0.25, -0.2) is 8.42 Å². The van der Waals surface area contributed by atoms with Crippen molar-refractivity contribution in [2.24, 2.45) is 0 Å². The van der Waals surface area contributed by atoms with E-state index >= 15 is 0 Å². The lowest BCUT2D eigenvalue weighted by Crippen LogP contribution is -2.45. The van der Waals surface area contributed by atoms with E-state index in [2.05, 4.69) is 0 Å². The summed E-state index contributed by atoms with van der Waals surface area (Å²) in [6.45, 7) is 1.23. The van der Waals surface area contributed by atoms with Crippen LogP contribution in [-0.2, 0) is 19.3 Å². The monoisotopic (exact) mass is 276 g/mol. The predicted molar refractivity (Wildman–Crippen MR) is 64.8 cm³/mol. The highest BCUT2D eigenvalue weighted by atomic mass is 32.2. The van der Waals surface area contributed by atoms with Crippen LogP contribution in [0.5, 0.6) is 0 Å². The Morgan fingerprint density at radius 2 is 1.67 bits per heavy atom. The molecule has 6 heteroatoms. The maximum absolute atomic E-state index is 12.0. The Morgan fingerprint density at radius 1 is 1.11 bits per heavy atom. The van der Waals surface area contributed by atoms with Crippen molar-refractivity contribution in [1.82, 2.24) is 0 Å². The Kier molecular flexibility index (Phi) is 3.17. The summed E-state index contributed by atoms with van der Waals surface area (Å²) in [7, 11) is -2.96. The van der Waals surface area contributed by atoms with Crippen LogP contribution in [0.4, 0.5) is 0 Å². The van der Waals surface area contributed by atoms with Crippen molar-refractivity contribution in [3.63, 3.8) is 0 Å². The minimum absolute atomic E-state index is 0.217. The van der Waals surface area contributed by atoms with Crippen molar-refractivity contribution in [2.75, 3.05) is 13.2 Å². The fourth-order valence-corrected chi connectivity index (χ4v) is 6.06. The van der Waals surface area contributed by atoms with Crippen LogP contribution >= 0.6 is 0 Å². The molecule has 0 aliphatic carbocycles. The van der Waals surface area contributed by atoms with Gasteiger partial charge >= 0.3 is 0 Å². The van der Waals surface area contributed by atoms with Gasteiger partial charge in [0.25, 0.3) is 0 Å². The molecule has 3 rings (SSSR count). The molecule has 2 bridgehead atoms. The lowest BCUT2D eigenvalue weighted by atomic mass is 9.88. The molecule has 0 amide bonds. The average Bonchev–Trinajstić information content (AvgIpc) is 2.85. The molecule has 5 nitrogen and oxygen atoms in total. The molecule has 0 saturated carbocycles. The van der Waals surface area contributed by atoms with E-state index in [1.807, 2.05) is 0 Å². The number of aliphatic hydroxyl groups is 1. The summed E-state index contributed by atoms with van der Waals surface area (Å²) < 4.78 is 34.6. The minimum Gasteiger partial charge on any atom is -0.390 e. The van der Waals surface area contributed by atoms with E-state index in [9.17, 15) is 13.5 Å². The van der Waals surface area contributed by atoms with Gasteiger partial charge in [-0.05, 0) is 32.1 Å². The van der Waals surface area contributed by atoms with Crippen LogP contribution < -0.4 is 0 Å². The molecular formula is C12H20O5S. The second kappa shape index (κ2) is 4.44. The zero-order valence-electron chi connectivity index (χ0n) is 10.4. The molecule has 3 aliphatic heterocycles. The SMILES string of the molecule is O=S1(=O)C2CCC1CC(O)(CCC1OCCO1)C2. The van der Waals surface area contributed by atoms with Crippen LogP contribution in [0, 0.1) is 0 Å². The molecule has 3 aliphatic rings. The van der Waals surface area contributed by atoms with Gasteiger partial charge in [0.05, 0.1) is 29.3 Å². The molecule has 18 heavy (non-hydrogen) atoms. The van der Waals surface area contributed by atoms with Gasteiger partial charge in [0.2, 0.25) is 0 Å². The molecule has 104 valence electrons. The van der Waals surface area contributed by atoms with Crippen LogP contribution in [0.15, 0.2) is 0 Å². The number of rotatable bonds is 3. The smallest absolute Gasteiger partial charge is 0.157 e. The number of sulfone groups is 1. The van der Waals surface area contributed by atoms with Crippen molar-refractivity contribution in [2.45, 2.75) is 60.9 Å². The second-order valence-corrected chi connectivity index (χ2v) is 8.26. The third-order valence-corrected chi connectivity index (χ3v) is 7.15. The van der Waals surface area contributed by atoms with Crippen molar-refractivity contribution >= 4 is 9.84 Å². The van der Waals surface area contributed by atoms with E-state index in [1.165, 1.54) is 0 Å². The lowest BCUT2D eigenvalue weighted by Gasteiger charge is -2.36. The molecule has 2 atom stereocenters. The second-order valence-electron chi connectivity index (χ2n) is 5.75. The molecule has 0 radical (unpaired) electrons. The molecule has 3 fully saturated rings. The molecular weight excluding hydrogens is 256 g/mol. The molecule has 1 N–H and O–H groups in total. The zero-order chi connectivity index (χ0) is 12.8. The highest BCUT2D eigenvalue weighted by molar-refractivity contribution is 7.93. The summed E-state index contributed by atoms with van der Waals surface area (Å²) in [5, 5.41) is 9.91. The van der Waals surface area contributed by atoms with Crippen molar-refractivity contribution < 1.29 is 23.0 Å². The van der Waals surface area contributed by atoms with Gasteiger partial charge in [0.15, 0.2) is 16.1 Å². The third-order valence-electron chi connectivity index (χ3n) is 4.49. The van der Waals surface area contributed by atoms with Crippen molar-refractivity contribution in [3.05, 3.63) is 0 Å². The molecule has 3 saturated heterocycles. The predicted octanol–water partition coefficient (Wildman–Crippen LogP) is 0.610. The van der Waals surface area contributed by atoms with E-state index in [0.29, 0.717) is 51.7 Å². The number of hydrogen-bond donors (Lipinski definition) is 1. The van der Waals surface area contributed by atoms with Gasteiger partial charge in [-0.3, -0.25) is 0 Å². The van der Waals surface area contributed by atoms with Crippen molar-refractivity contribution in [3.8, 4) is 0 Å². The van der Waals surface area contributed by atoms with Gasteiger partial charge in [-0.2, -0.15) is 0 Å². The highest BCUT2D eigenvalue weighted by Gasteiger charge is 2.52. The Balaban J connectivity index is 1.62. The van der Waals surface area contributed by atoms with Gasteiger partial charge in [-0.1, -0.05) is 0 Å². The number of ether oxygens (including phenoxy) is 2. The highest BCUT2D eigenvalue weighted by Crippen LogP contribution is 2.45. The maximum Gasteiger partial charge on any atom is 0.157 e. The Labute approximate surface area is 107 Å². The summed E-state index contributed by atoms with van der Waals surface area (Å²) >= 11 is 0. The first-order chi connectivity index (χ1) is 8.50. The number of fused-ring (bicyclic) bond motifs is 2. The summed E-state index contributed by atoms with van der Waals surface area (Å²) in [5.74, 6) is 0. The van der Waals surface area contributed by atoms with Crippen LogP contribution in [0.3, 0.4) is 0 Å². The summed E-state index contributed by atoms with van der Waals surface area (Å²) in [6, 6.07) is 0. The van der Waals surface area contributed by atoms with Gasteiger partial charge in [0.1, 0.15) is 0 Å². The lowest BCUT2D eigenvalue weighted by molar-refractivity contribution is -0.0707. The molecule has 0 aromatic carbocycles. The van der Waals surface area contributed by atoms with Gasteiger partial charge in [0, 0.05) is 6.42 Å². The Bertz CT molecular complexity index is 392. The van der Waals surface area contributed by atoms with E-state index in [0.717, 1.165) is 0 Å². The van der Waals surface area contributed by atoms with Crippen molar-refractivity contribution in [1.29, 1.82) is 0 Å². The van der Waals surface area contributed by atoms with E-state index in [-0.39, 0.29) is 16.8 Å². The molecule has 0 aromatic heterocycles. The van der Waals surface area contributed by atoms with Crippen LogP contribution in [-0.4, -0.2) is 49.1 Å². The van der Waals surface area contributed by atoms with Gasteiger partial charge in [-0.15, -0.1) is 0 Å². The first-order valence-corrected chi connectivity index (χ1v) is 8.29. The summed E-state index contributed by atoms with van der Waals surface area (Å²) in [5.41, 5.74) is -0.841. The maximum atomic E-state index is 12.0. The molecule has 3 heterocycles. The first kappa shape index (κ1) is 12.8. The fraction of sp³-hybridized carbons (Fsp3) is 1.00. The fourth-order valence-electron chi connectivity index (χ4n) is 3.50. The first-order valence-electron chi connectivity index (χ1n) is 6.68. The zero-order valence-corrected chi connectivity index (χ0v) is 11.2. The van der Waals surface area contributed by atoms with E-state index < -0.39 is 15.4 Å². The van der Waals surface area contributed by atoms with E-state index in [1.54, 1.807) is 0 Å². The number of hydrogen-bond acceptors (Lipinski definition) is 5. The summed E-state index contributed by atoms with van der Waals surface area (Å²) in [6.07, 6.45) is 3.20.